The number of amides is 1. The first-order chi connectivity index (χ1) is 9.70. The van der Waals surface area contributed by atoms with Gasteiger partial charge in [-0.15, -0.1) is 6.58 Å². The Morgan fingerprint density at radius 1 is 1.40 bits per heavy atom. The monoisotopic (exact) mass is 288 g/mol. The molecule has 2 aromatic rings. The van der Waals surface area contributed by atoms with Gasteiger partial charge in [0.15, 0.2) is 0 Å². The van der Waals surface area contributed by atoms with Crippen LogP contribution in [-0.4, -0.2) is 17.4 Å². The minimum Gasteiger partial charge on any atom is -0.438 e. The van der Waals surface area contributed by atoms with Crippen molar-refractivity contribution >= 4 is 17.5 Å². The average Bonchev–Trinajstić information content (AvgIpc) is 2.45. The van der Waals surface area contributed by atoms with E-state index in [1.165, 1.54) is 0 Å². The minimum atomic E-state index is -0.268. The number of carbonyl (C=O) groups is 1. The van der Waals surface area contributed by atoms with E-state index in [2.05, 4.69) is 16.9 Å². The van der Waals surface area contributed by atoms with Gasteiger partial charge in [-0.3, -0.25) is 4.79 Å². The van der Waals surface area contributed by atoms with Gasteiger partial charge < -0.3 is 10.1 Å². The Labute approximate surface area is 122 Å². The van der Waals surface area contributed by atoms with Crippen molar-refractivity contribution in [3.05, 3.63) is 65.8 Å². The molecule has 0 aliphatic carbocycles. The number of carbonyl (C=O) groups excluding carboxylic acids is 1. The number of hydrogen-bond acceptors (Lipinski definition) is 3. The molecule has 1 aromatic heterocycles. The van der Waals surface area contributed by atoms with Gasteiger partial charge in [0.1, 0.15) is 11.3 Å². The molecule has 0 unspecified atom stereocenters. The predicted molar refractivity (Wildman–Crippen MR) is 78.3 cm³/mol. The third kappa shape index (κ3) is 3.59. The molecule has 1 heterocycles. The van der Waals surface area contributed by atoms with Gasteiger partial charge in [0.2, 0.25) is 5.88 Å². The number of nitrogens with zero attached hydrogens (tertiary/aromatic N) is 1. The topological polar surface area (TPSA) is 51.2 Å². The Morgan fingerprint density at radius 2 is 2.25 bits per heavy atom. The van der Waals surface area contributed by atoms with E-state index in [1.54, 1.807) is 48.7 Å². The van der Waals surface area contributed by atoms with E-state index in [0.717, 1.165) is 0 Å². The van der Waals surface area contributed by atoms with Gasteiger partial charge in [0.25, 0.3) is 5.91 Å². The van der Waals surface area contributed by atoms with E-state index >= 15 is 0 Å². The maximum absolute atomic E-state index is 12.0. The molecule has 0 saturated carbocycles. The summed E-state index contributed by atoms with van der Waals surface area (Å²) in [7, 11) is 0. The summed E-state index contributed by atoms with van der Waals surface area (Å²) in [5.74, 6) is 0.486. The maximum Gasteiger partial charge on any atom is 0.257 e. The van der Waals surface area contributed by atoms with E-state index < -0.39 is 0 Å². The van der Waals surface area contributed by atoms with Gasteiger partial charge in [-0.05, 0) is 30.3 Å². The largest absolute Gasteiger partial charge is 0.438 e. The summed E-state index contributed by atoms with van der Waals surface area (Å²) in [5, 5.41) is 3.24. The zero-order valence-corrected chi connectivity index (χ0v) is 11.4. The molecule has 1 N–H and O–H groups in total. The van der Waals surface area contributed by atoms with Gasteiger partial charge in [-0.1, -0.05) is 23.7 Å². The fourth-order valence-corrected chi connectivity index (χ4v) is 1.73. The first-order valence-electron chi connectivity index (χ1n) is 5.98. The Morgan fingerprint density at radius 3 is 3.00 bits per heavy atom. The summed E-state index contributed by atoms with van der Waals surface area (Å²) in [6.07, 6.45) is 3.16. The third-order valence-corrected chi connectivity index (χ3v) is 2.67. The normalized spacial score (nSPS) is 9.85. The molecule has 5 heteroatoms. The number of pyridine rings is 1. The average molecular weight is 289 g/mol. The molecular weight excluding hydrogens is 276 g/mol. The highest BCUT2D eigenvalue weighted by molar-refractivity contribution is 6.30. The number of ether oxygens (including phenoxy) is 1. The molecule has 0 atom stereocenters. The summed E-state index contributed by atoms with van der Waals surface area (Å²) in [5.41, 5.74) is 0.356. The molecular formula is C15H13ClN2O2. The zero-order valence-electron chi connectivity index (χ0n) is 10.7. The Hall–Kier alpha value is -2.33. The lowest BCUT2D eigenvalue weighted by molar-refractivity contribution is 0.0955. The fourth-order valence-electron chi connectivity index (χ4n) is 1.55. The molecule has 0 fully saturated rings. The highest BCUT2D eigenvalue weighted by Gasteiger charge is 2.13. The van der Waals surface area contributed by atoms with E-state index in [1.807, 2.05) is 0 Å². The van der Waals surface area contributed by atoms with Crippen LogP contribution in [0.1, 0.15) is 10.4 Å². The van der Waals surface area contributed by atoms with Crippen LogP contribution in [0.2, 0.25) is 5.02 Å². The molecule has 102 valence electrons. The van der Waals surface area contributed by atoms with Gasteiger partial charge in [-0.2, -0.15) is 0 Å². The van der Waals surface area contributed by atoms with E-state index in [-0.39, 0.29) is 11.8 Å². The molecule has 0 radical (unpaired) electrons. The van der Waals surface area contributed by atoms with Crippen molar-refractivity contribution < 1.29 is 9.53 Å². The van der Waals surface area contributed by atoms with E-state index in [4.69, 9.17) is 16.3 Å². The number of hydrogen-bond donors (Lipinski definition) is 1. The Bertz CT molecular complexity index is 629. The van der Waals surface area contributed by atoms with Crippen LogP contribution in [0.3, 0.4) is 0 Å². The molecule has 4 nitrogen and oxygen atoms in total. The van der Waals surface area contributed by atoms with Gasteiger partial charge in [-0.25, -0.2) is 4.98 Å². The molecule has 0 spiro atoms. The molecule has 0 bridgehead atoms. The summed E-state index contributed by atoms with van der Waals surface area (Å²) in [6, 6.07) is 10.2. The molecule has 20 heavy (non-hydrogen) atoms. The smallest absolute Gasteiger partial charge is 0.257 e. The highest BCUT2D eigenvalue weighted by Crippen LogP contribution is 2.25. The SMILES string of the molecule is C=CCNC(=O)c1cccnc1Oc1cccc(Cl)c1. The second-order valence-electron chi connectivity index (χ2n) is 3.91. The van der Waals surface area contributed by atoms with Gasteiger partial charge >= 0.3 is 0 Å². The Balaban J connectivity index is 2.23. The first kappa shape index (κ1) is 14.1. The number of nitrogens with one attached hydrogen (secondary N) is 1. The highest BCUT2D eigenvalue weighted by atomic mass is 35.5. The van der Waals surface area contributed by atoms with Crippen molar-refractivity contribution in [3.63, 3.8) is 0 Å². The van der Waals surface area contributed by atoms with Gasteiger partial charge in [0, 0.05) is 17.8 Å². The number of rotatable bonds is 5. The van der Waals surface area contributed by atoms with Crippen LogP contribution in [-0.2, 0) is 0 Å². The van der Waals surface area contributed by atoms with Crippen LogP contribution in [0.5, 0.6) is 11.6 Å². The second-order valence-corrected chi connectivity index (χ2v) is 4.35. The molecule has 0 aliphatic heterocycles. The van der Waals surface area contributed by atoms with Crippen molar-refractivity contribution in [3.8, 4) is 11.6 Å². The number of benzene rings is 1. The van der Waals surface area contributed by atoms with Crippen LogP contribution in [0.15, 0.2) is 55.3 Å². The lowest BCUT2D eigenvalue weighted by Crippen LogP contribution is -2.23. The summed E-state index contributed by atoms with van der Waals surface area (Å²) >= 11 is 5.89. The van der Waals surface area contributed by atoms with E-state index in [9.17, 15) is 4.79 Å². The molecule has 0 aliphatic rings. The lowest BCUT2D eigenvalue weighted by Gasteiger charge is -2.09. The van der Waals surface area contributed by atoms with Crippen LogP contribution >= 0.6 is 11.6 Å². The summed E-state index contributed by atoms with van der Waals surface area (Å²) in [4.78, 5) is 16.1. The predicted octanol–water partition coefficient (Wildman–Crippen LogP) is 3.44. The summed E-state index contributed by atoms with van der Waals surface area (Å²) < 4.78 is 5.61. The van der Waals surface area contributed by atoms with Crippen molar-refractivity contribution in [2.75, 3.05) is 6.54 Å². The molecule has 1 amide bonds. The minimum absolute atomic E-state index is 0.233. The molecule has 0 saturated heterocycles. The molecule has 2 rings (SSSR count). The molecule has 1 aromatic carbocycles. The van der Waals surface area contributed by atoms with Crippen molar-refractivity contribution in [1.82, 2.24) is 10.3 Å². The second kappa shape index (κ2) is 6.73. The van der Waals surface area contributed by atoms with Crippen LogP contribution in [0.4, 0.5) is 0 Å². The van der Waals surface area contributed by atoms with Crippen molar-refractivity contribution in [1.29, 1.82) is 0 Å². The van der Waals surface area contributed by atoms with Crippen molar-refractivity contribution in [2.24, 2.45) is 0 Å². The zero-order chi connectivity index (χ0) is 14.4. The standard InChI is InChI=1S/C15H13ClN2O2/c1-2-8-17-14(19)13-7-4-9-18-15(13)20-12-6-3-5-11(16)10-12/h2-7,9-10H,1,8H2,(H,17,19). The van der Waals surface area contributed by atoms with Gasteiger partial charge in [0.05, 0.1) is 0 Å². The Kier molecular flexibility index (Phi) is 4.74. The van der Waals surface area contributed by atoms with E-state index in [0.29, 0.717) is 22.9 Å². The number of halogens is 1. The van der Waals surface area contributed by atoms with Crippen LogP contribution in [0.25, 0.3) is 0 Å². The first-order valence-corrected chi connectivity index (χ1v) is 6.36. The summed E-state index contributed by atoms with van der Waals surface area (Å²) in [6.45, 7) is 3.93. The lowest BCUT2D eigenvalue weighted by atomic mass is 10.2. The van der Waals surface area contributed by atoms with Crippen LogP contribution in [0, 0.1) is 0 Å². The van der Waals surface area contributed by atoms with Crippen molar-refractivity contribution in [2.45, 2.75) is 0 Å². The van der Waals surface area contributed by atoms with Crippen LogP contribution < -0.4 is 10.1 Å². The third-order valence-electron chi connectivity index (χ3n) is 2.43. The fraction of sp³-hybridized carbons (Fsp3) is 0.0667. The number of aromatic nitrogens is 1. The quantitative estimate of drug-likeness (QED) is 0.858. The maximum atomic E-state index is 12.0.